The van der Waals surface area contributed by atoms with Crippen molar-refractivity contribution in [1.82, 2.24) is 9.97 Å². The van der Waals surface area contributed by atoms with Crippen LogP contribution in [0.15, 0.2) is 24.4 Å². The highest BCUT2D eigenvalue weighted by Gasteiger charge is 2.15. The third-order valence-electron chi connectivity index (χ3n) is 2.42. The minimum Gasteiger partial charge on any atom is -0.472 e. The summed E-state index contributed by atoms with van der Waals surface area (Å²) >= 11 is 11.7. The number of anilines is 2. The SMILES string of the molecule is CP(C)Oc1cc([N+](=O)[O-])ccc1Nc1nc(Cl)ncc1Cl. The molecule has 0 unspecified atom stereocenters. The predicted octanol–water partition coefficient (Wildman–Crippen LogP) is 4.47. The molecule has 0 radical (unpaired) electrons. The Labute approximate surface area is 137 Å². The van der Waals surface area contributed by atoms with Crippen molar-refractivity contribution >= 4 is 48.5 Å². The van der Waals surface area contributed by atoms with Crippen LogP contribution in [0.5, 0.6) is 5.75 Å². The minimum atomic E-state index is -0.768. The molecule has 10 heteroatoms. The average Bonchev–Trinajstić information content (AvgIpc) is 2.44. The lowest BCUT2D eigenvalue weighted by atomic mass is 10.2. The number of nitro benzene ring substituents is 1. The van der Waals surface area contributed by atoms with Crippen LogP contribution in [0.2, 0.25) is 10.3 Å². The molecule has 116 valence electrons. The lowest BCUT2D eigenvalue weighted by Crippen LogP contribution is -1.99. The number of benzene rings is 1. The Morgan fingerprint density at radius 3 is 2.73 bits per heavy atom. The van der Waals surface area contributed by atoms with E-state index in [9.17, 15) is 10.1 Å². The molecule has 0 atom stereocenters. The zero-order valence-electron chi connectivity index (χ0n) is 11.6. The van der Waals surface area contributed by atoms with Gasteiger partial charge < -0.3 is 9.84 Å². The Bertz CT molecular complexity index is 715. The van der Waals surface area contributed by atoms with Crippen LogP contribution in [0.25, 0.3) is 0 Å². The smallest absolute Gasteiger partial charge is 0.273 e. The van der Waals surface area contributed by atoms with E-state index >= 15 is 0 Å². The van der Waals surface area contributed by atoms with Crippen molar-refractivity contribution in [3.05, 3.63) is 44.8 Å². The molecule has 7 nitrogen and oxygen atoms in total. The molecule has 0 aliphatic rings. The highest BCUT2D eigenvalue weighted by atomic mass is 35.5. The molecule has 0 saturated heterocycles. The first-order valence-electron chi connectivity index (χ1n) is 5.95. The first-order chi connectivity index (χ1) is 10.4. The fourth-order valence-corrected chi connectivity index (χ4v) is 2.38. The summed E-state index contributed by atoms with van der Waals surface area (Å²) < 4.78 is 5.66. The summed E-state index contributed by atoms with van der Waals surface area (Å²) in [6, 6.07) is 4.24. The maximum Gasteiger partial charge on any atom is 0.273 e. The van der Waals surface area contributed by atoms with Gasteiger partial charge in [0.15, 0.2) is 11.6 Å². The minimum absolute atomic E-state index is 0.0320. The van der Waals surface area contributed by atoms with Gasteiger partial charge in [-0.1, -0.05) is 11.6 Å². The monoisotopic (exact) mass is 360 g/mol. The van der Waals surface area contributed by atoms with E-state index in [4.69, 9.17) is 27.7 Å². The lowest BCUT2D eigenvalue weighted by Gasteiger charge is -2.15. The van der Waals surface area contributed by atoms with Gasteiger partial charge in [0.05, 0.1) is 31.0 Å². The Morgan fingerprint density at radius 2 is 2.09 bits per heavy atom. The molecule has 1 heterocycles. The number of nitrogens with one attached hydrogen (secondary N) is 1. The van der Waals surface area contributed by atoms with Crippen LogP contribution in [-0.2, 0) is 0 Å². The summed E-state index contributed by atoms with van der Waals surface area (Å²) in [6.45, 7) is 3.76. The number of hydrogen-bond acceptors (Lipinski definition) is 6. The zero-order valence-corrected chi connectivity index (χ0v) is 14.0. The molecule has 1 N–H and O–H groups in total. The van der Waals surface area contributed by atoms with Gasteiger partial charge in [-0.15, -0.1) is 0 Å². The number of halogens is 2. The number of nitro groups is 1. The Kier molecular flexibility index (Phi) is 5.34. The molecule has 2 rings (SSSR count). The number of aromatic nitrogens is 2. The third kappa shape index (κ3) is 4.16. The van der Waals surface area contributed by atoms with Gasteiger partial charge in [-0.25, -0.2) is 4.98 Å². The number of rotatable bonds is 5. The molecule has 0 aliphatic carbocycles. The Morgan fingerprint density at radius 1 is 1.36 bits per heavy atom. The van der Waals surface area contributed by atoms with Crippen LogP contribution in [-0.4, -0.2) is 28.2 Å². The van der Waals surface area contributed by atoms with Crippen molar-refractivity contribution in [1.29, 1.82) is 0 Å². The van der Waals surface area contributed by atoms with Crippen molar-refractivity contribution in [3.8, 4) is 5.75 Å². The zero-order chi connectivity index (χ0) is 16.3. The van der Waals surface area contributed by atoms with Crippen LogP contribution >= 0.6 is 31.4 Å². The van der Waals surface area contributed by atoms with E-state index in [1.165, 1.54) is 24.4 Å². The summed E-state index contributed by atoms with van der Waals surface area (Å²) in [5, 5.41) is 14.1. The highest BCUT2D eigenvalue weighted by molar-refractivity contribution is 7.51. The van der Waals surface area contributed by atoms with Gasteiger partial charge in [-0.05, 0) is 31.0 Å². The third-order valence-corrected chi connectivity index (χ3v) is 3.45. The summed E-state index contributed by atoms with van der Waals surface area (Å²) in [6.07, 6.45) is 1.36. The van der Waals surface area contributed by atoms with E-state index in [1.54, 1.807) is 0 Å². The second-order valence-electron chi connectivity index (χ2n) is 4.30. The standard InChI is InChI=1S/C12H11Cl2N4O3P/c1-22(2)21-10-5-7(18(19)20)3-4-9(10)16-11-8(13)6-15-12(14)17-11/h3-6H,1-2H3,(H,15,16,17). The maximum absolute atomic E-state index is 10.9. The van der Waals surface area contributed by atoms with Gasteiger partial charge in [0, 0.05) is 6.07 Å². The van der Waals surface area contributed by atoms with Gasteiger partial charge in [-0.3, -0.25) is 10.1 Å². The van der Waals surface area contributed by atoms with Crippen LogP contribution in [0.3, 0.4) is 0 Å². The molecule has 0 aliphatic heterocycles. The summed E-state index contributed by atoms with van der Waals surface area (Å²) in [5.74, 6) is 0.632. The fraction of sp³-hybridized carbons (Fsp3) is 0.167. The molecule has 0 fully saturated rings. The van der Waals surface area contributed by atoms with Crippen LogP contribution < -0.4 is 9.84 Å². The van der Waals surface area contributed by atoms with Crippen molar-refractivity contribution < 1.29 is 9.45 Å². The van der Waals surface area contributed by atoms with E-state index in [0.717, 1.165) is 0 Å². The molecule has 0 amide bonds. The Hall–Kier alpha value is -1.69. The summed E-state index contributed by atoms with van der Waals surface area (Å²) in [4.78, 5) is 18.1. The van der Waals surface area contributed by atoms with Crippen molar-refractivity contribution in [2.45, 2.75) is 0 Å². The van der Waals surface area contributed by atoms with E-state index in [1.807, 2.05) is 13.3 Å². The van der Waals surface area contributed by atoms with Crippen LogP contribution in [0.4, 0.5) is 17.2 Å². The molecular weight excluding hydrogens is 350 g/mol. The molecule has 1 aromatic heterocycles. The molecule has 22 heavy (non-hydrogen) atoms. The molecule has 0 bridgehead atoms. The van der Waals surface area contributed by atoms with Crippen molar-refractivity contribution in [2.75, 3.05) is 18.6 Å². The van der Waals surface area contributed by atoms with Crippen LogP contribution in [0.1, 0.15) is 0 Å². The fourth-order valence-electron chi connectivity index (χ4n) is 1.56. The van der Waals surface area contributed by atoms with Crippen molar-refractivity contribution in [2.24, 2.45) is 0 Å². The predicted molar refractivity (Wildman–Crippen MR) is 87.8 cm³/mol. The molecule has 2 aromatic rings. The summed E-state index contributed by atoms with van der Waals surface area (Å²) in [7, 11) is -0.768. The number of hydrogen-bond donors (Lipinski definition) is 1. The molecule has 1 aromatic carbocycles. The molecule has 0 spiro atoms. The Balaban J connectivity index is 2.40. The van der Waals surface area contributed by atoms with Gasteiger partial charge in [0.1, 0.15) is 5.02 Å². The first-order valence-corrected chi connectivity index (χ1v) is 8.86. The maximum atomic E-state index is 10.9. The van der Waals surface area contributed by atoms with E-state index in [0.29, 0.717) is 11.4 Å². The average molecular weight is 361 g/mol. The number of nitrogens with zero attached hydrogens (tertiary/aromatic N) is 3. The van der Waals surface area contributed by atoms with Gasteiger partial charge in [0.25, 0.3) is 5.69 Å². The second-order valence-corrected chi connectivity index (χ2v) is 6.85. The quantitative estimate of drug-likeness (QED) is 0.366. The van der Waals surface area contributed by atoms with Crippen molar-refractivity contribution in [3.63, 3.8) is 0 Å². The first kappa shape index (κ1) is 16.7. The topological polar surface area (TPSA) is 90.2 Å². The highest BCUT2D eigenvalue weighted by Crippen LogP contribution is 2.39. The molecular formula is C12H11Cl2N4O3P. The van der Waals surface area contributed by atoms with Gasteiger partial charge in [-0.2, -0.15) is 4.98 Å². The lowest BCUT2D eigenvalue weighted by molar-refractivity contribution is -0.384. The largest absolute Gasteiger partial charge is 0.472 e. The van der Waals surface area contributed by atoms with Gasteiger partial charge >= 0.3 is 0 Å². The van der Waals surface area contributed by atoms with E-state index in [2.05, 4.69) is 15.3 Å². The van der Waals surface area contributed by atoms with E-state index < -0.39 is 13.1 Å². The summed E-state index contributed by atoms with van der Waals surface area (Å²) in [5.41, 5.74) is 0.433. The van der Waals surface area contributed by atoms with E-state index in [-0.39, 0.29) is 21.8 Å². The normalized spacial score (nSPS) is 10.6. The van der Waals surface area contributed by atoms with Gasteiger partial charge in [0.2, 0.25) is 5.28 Å². The second kappa shape index (κ2) is 7.05. The number of non-ortho nitro benzene ring substituents is 1. The molecule has 0 saturated carbocycles. The van der Waals surface area contributed by atoms with Crippen LogP contribution in [0, 0.1) is 10.1 Å².